The zero-order valence-electron chi connectivity index (χ0n) is 18.0. The molecule has 0 N–H and O–H groups in total. The van der Waals surface area contributed by atoms with Gasteiger partial charge in [-0.3, -0.25) is 9.59 Å². The molecule has 0 radical (unpaired) electrons. The second-order valence-electron chi connectivity index (χ2n) is 8.26. The Morgan fingerprint density at radius 1 is 0.767 bits per heavy atom. The molecule has 0 saturated heterocycles. The molecule has 30 heavy (non-hydrogen) atoms. The predicted molar refractivity (Wildman–Crippen MR) is 125 cm³/mol. The van der Waals surface area contributed by atoms with Gasteiger partial charge in [0.15, 0.2) is 0 Å². The molecular formula is C24H28N2O2S2. The number of amides is 2. The maximum atomic E-state index is 13.8. The van der Waals surface area contributed by atoms with Gasteiger partial charge in [0.2, 0.25) is 0 Å². The van der Waals surface area contributed by atoms with E-state index in [4.69, 9.17) is 0 Å². The number of thiophene rings is 2. The van der Waals surface area contributed by atoms with Crippen molar-refractivity contribution >= 4 is 45.9 Å². The summed E-state index contributed by atoms with van der Waals surface area (Å²) in [5.74, 6) is 0.662. The van der Waals surface area contributed by atoms with E-state index in [0.29, 0.717) is 36.1 Å². The lowest BCUT2D eigenvalue weighted by Crippen LogP contribution is -2.33. The maximum Gasteiger partial charge on any atom is 0.261 e. The van der Waals surface area contributed by atoms with Gasteiger partial charge in [-0.05, 0) is 34.7 Å². The van der Waals surface area contributed by atoms with Crippen molar-refractivity contribution in [2.24, 2.45) is 11.8 Å². The lowest BCUT2D eigenvalue weighted by Gasteiger charge is -2.27. The maximum absolute atomic E-state index is 13.8. The van der Waals surface area contributed by atoms with Crippen LogP contribution in [0.15, 0.2) is 46.2 Å². The first-order chi connectivity index (χ1) is 14.5. The molecule has 2 unspecified atom stereocenters. The highest BCUT2D eigenvalue weighted by Gasteiger charge is 2.49. The molecule has 0 aliphatic carbocycles. The van der Waals surface area contributed by atoms with Crippen LogP contribution < -0.4 is 0 Å². The number of carbonyl (C=O) groups is 2. The summed E-state index contributed by atoms with van der Waals surface area (Å²) in [4.78, 5) is 33.2. The zero-order chi connectivity index (χ0) is 21.4. The Balaban J connectivity index is 1.92. The number of carbonyl (C=O) groups excluding carboxylic acids is 2. The molecule has 2 amide bonds. The van der Waals surface area contributed by atoms with E-state index in [-0.39, 0.29) is 11.8 Å². The van der Waals surface area contributed by atoms with Crippen molar-refractivity contribution < 1.29 is 9.59 Å². The topological polar surface area (TPSA) is 40.6 Å². The van der Waals surface area contributed by atoms with Crippen molar-refractivity contribution in [3.8, 4) is 0 Å². The first-order valence-corrected chi connectivity index (χ1v) is 12.4. The van der Waals surface area contributed by atoms with Gasteiger partial charge in [0.25, 0.3) is 11.8 Å². The van der Waals surface area contributed by atoms with Gasteiger partial charge < -0.3 is 9.80 Å². The summed E-state index contributed by atoms with van der Waals surface area (Å²) in [5.41, 5.74) is 2.79. The highest BCUT2D eigenvalue weighted by Crippen LogP contribution is 2.48. The van der Waals surface area contributed by atoms with Gasteiger partial charge in [-0.1, -0.05) is 52.7 Å². The molecule has 2 atom stereocenters. The quantitative estimate of drug-likeness (QED) is 0.528. The van der Waals surface area contributed by atoms with Crippen LogP contribution in [0.2, 0.25) is 0 Å². The summed E-state index contributed by atoms with van der Waals surface area (Å²) in [6, 6.07) is 8.00. The van der Waals surface area contributed by atoms with Crippen LogP contribution in [0.3, 0.4) is 0 Å². The van der Waals surface area contributed by atoms with E-state index in [0.717, 1.165) is 34.0 Å². The standard InChI is InChI=1S/C24H28N2O2S2/c1-5-15(3)13-25-21(17-9-7-11-29-17)19-20(23(25)27)22(18-10-8-12-30-18)26(24(19)28)14-16(4)6-2/h7-12,15-16H,5-6,13-14H2,1-4H3. The summed E-state index contributed by atoms with van der Waals surface area (Å²) in [6.07, 6.45) is 1.98. The Labute approximate surface area is 186 Å². The smallest absolute Gasteiger partial charge is 0.261 e. The molecule has 6 heteroatoms. The SMILES string of the molecule is CCC(C)CN1C(=O)C2=C(c3cccs3)N(CC(C)CC)C(=O)C2=C1c1cccs1. The van der Waals surface area contributed by atoms with Crippen molar-refractivity contribution in [3.63, 3.8) is 0 Å². The lowest BCUT2D eigenvalue weighted by molar-refractivity contribution is -0.124. The van der Waals surface area contributed by atoms with Crippen LogP contribution in [0.25, 0.3) is 11.4 Å². The van der Waals surface area contributed by atoms with Gasteiger partial charge in [-0.25, -0.2) is 0 Å². The van der Waals surface area contributed by atoms with E-state index in [9.17, 15) is 9.59 Å². The van der Waals surface area contributed by atoms with Crippen molar-refractivity contribution in [1.29, 1.82) is 0 Å². The third kappa shape index (κ3) is 3.46. The summed E-state index contributed by atoms with van der Waals surface area (Å²) in [6.45, 7) is 9.85. The van der Waals surface area contributed by atoms with Gasteiger partial charge in [0.05, 0.1) is 32.3 Å². The number of fused-ring (bicyclic) bond motifs is 1. The average molecular weight is 441 g/mol. The molecule has 158 valence electrons. The predicted octanol–water partition coefficient (Wildman–Crippen LogP) is 5.71. The van der Waals surface area contributed by atoms with Gasteiger partial charge in [0.1, 0.15) is 0 Å². The molecule has 2 aromatic rings. The first kappa shape index (κ1) is 21.1. The zero-order valence-corrected chi connectivity index (χ0v) is 19.6. The van der Waals surface area contributed by atoms with Crippen LogP contribution in [0, 0.1) is 11.8 Å². The van der Waals surface area contributed by atoms with Gasteiger partial charge in [-0.2, -0.15) is 0 Å². The third-order valence-electron chi connectivity index (χ3n) is 6.07. The highest BCUT2D eigenvalue weighted by atomic mass is 32.1. The Morgan fingerprint density at radius 3 is 1.47 bits per heavy atom. The summed E-state index contributed by atoms with van der Waals surface area (Å²) >= 11 is 3.17. The number of hydrogen-bond donors (Lipinski definition) is 0. The van der Waals surface area contributed by atoms with Gasteiger partial charge in [0, 0.05) is 13.1 Å². The van der Waals surface area contributed by atoms with Crippen LogP contribution in [0.1, 0.15) is 50.3 Å². The van der Waals surface area contributed by atoms with E-state index in [1.165, 1.54) is 0 Å². The molecule has 2 aromatic heterocycles. The van der Waals surface area contributed by atoms with E-state index < -0.39 is 0 Å². The summed E-state index contributed by atoms with van der Waals surface area (Å²) in [5, 5.41) is 4.01. The van der Waals surface area contributed by atoms with Crippen LogP contribution in [-0.4, -0.2) is 34.7 Å². The van der Waals surface area contributed by atoms with E-state index in [1.807, 2.05) is 44.8 Å². The van der Waals surface area contributed by atoms with Gasteiger partial charge in [-0.15, -0.1) is 22.7 Å². The van der Waals surface area contributed by atoms with Crippen LogP contribution >= 0.6 is 22.7 Å². The monoisotopic (exact) mass is 440 g/mol. The van der Waals surface area contributed by atoms with Crippen molar-refractivity contribution in [2.75, 3.05) is 13.1 Å². The first-order valence-electron chi connectivity index (χ1n) is 10.7. The van der Waals surface area contributed by atoms with Crippen LogP contribution in [-0.2, 0) is 9.59 Å². The highest BCUT2D eigenvalue weighted by molar-refractivity contribution is 7.11. The Morgan fingerprint density at radius 2 is 1.17 bits per heavy atom. The molecule has 4 rings (SSSR count). The van der Waals surface area contributed by atoms with Crippen LogP contribution in [0.4, 0.5) is 0 Å². The van der Waals surface area contributed by atoms with E-state index >= 15 is 0 Å². The van der Waals surface area contributed by atoms with Crippen molar-refractivity contribution in [1.82, 2.24) is 9.80 Å². The normalized spacial score (nSPS) is 18.7. The number of nitrogens with zero attached hydrogens (tertiary/aromatic N) is 2. The molecule has 0 aromatic carbocycles. The minimum absolute atomic E-state index is 0.0305. The fourth-order valence-electron chi connectivity index (χ4n) is 3.97. The number of rotatable bonds is 8. The van der Waals surface area contributed by atoms with Crippen molar-refractivity contribution in [2.45, 2.75) is 40.5 Å². The lowest BCUT2D eigenvalue weighted by atomic mass is 10.1. The second-order valence-corrected chi connectivity index (χ2v) is 10.2. The van der Waals surface area contributed by atoms with Crippen molar-refractivity contribution in [3.05, 3.63) is 55.9 Å². The molecule has 0 bridgehead atoms. The molecule has 0 spiro atoms. The third-order valence-corrected chi connectivity index (χ3v) is 7.83. The molecule has 0 fully saturated rings. The molecule has 0 saturated carbocycles. The molecule has 4 heterocycles. The fourth-order valence-corrected chi connectivity index (χ4v) is 5.53. The van der Waals surface area contributed by atoms with Gasteiger partial charge >= 0.3 is 0 Å². The van der Waals surface area contributed by atoms with Crippen LogP contribution in [0.5, 0.6) is 0 Å². The summed E-state index contributed by atoms with van der Waals surface area (Å²) < 4.78 is 0. The largest absolute Gasteiger partial charge is 0.306 e. The molecule has 2 aliphatic rings. The minimum Gasteiger partial charge on any atom is -0.306 e. The minimum atomic E-state index is -0.0305. The van der Waals surface area contributed by atoms with E-state index in [2.05, 4.69) is 27.7 Å². The fraction of sp³-hybridized carbons (Fsp3) is 0.417. The molecule has 2 aliphatic heterocycles. The second kappa shape index (κ2) is 8.52. The molecule has 4 nitrogen and oxygen atoms in total. The van der Waals surface area contributed by atoms with E-state index in [1.54, 1.807) is 22.7 Å². The Bertz CT molecular complexity index is 920. The molecular weight excluding hydrogens is 412 g/mol. The summed E-state index contributed by atoms with van der Waals surface area (Å²) in [7, 11) is 0. The Hall–Kier alpha value is -2.18. The average Bonchev–Trinajstić information content (AvgIpc) is 3.52. The Kier molecular flexibility index (Phi) is 5.98. The number of hydrogen-bond acceptors (Lipinski definition) is 4.